The number of rotatable bonds is 4. The van der Waals surface area contributed by atoms with Gasteiger partial charge >= 0.3 is 0 Å². The van der Waals surface area contributed by atoms with Crippen molar-refractivity contribution in [1.82, 2.24) is 24.8 Å². The smallest absolute Gasteiger partial charge is 0.170 e. The highest BCUT2D eigenvalue weighted by Crippen LogP contribution is 2.41. The zero-order chi connectivity index (χ0) is 19.0. The van der Waals surface area contributed by atoms with Gasteiger partial charge < -0.3 is 14.8 Å². The van der Waals surface area contributed by atoms with Gasteiger partial charge in [-0.05, 0) is 62.0 Å². The molecule has 0 spiro atoms. The highest BCUT2D eigenvalue weighted by Gasteiger charge is 2.41. The standard InChI is InChI=1S/C21H23N5S/c1-14-12-17(15(2)25(14)3)20-19(18-9-5-7-11-23-18)24-21(27)26(20)13-16-8-4-6-10-22-16/h4-12,19-20H,13H2,1-3H3,(H,24,27). The second kappa shape index (κ2) is 7.12. The summed E-state index contributed by atoms with van der Waals surface area (Å²) in [5.74, 6) is 0. The van der Waals surface area contributed by atoms with Gasteiger partial charge in [0.05, 0.1) is 30.0 Å². The maximum atomic E-state index is 5.73. The molecule has 3 aromatic heterocycles. The van der Waals surface area contributed by atoms with Crippen molar-refractivity contribution in [3.63, 3.8) is 0 Å². The van der Waals surface area contributed by atoms with Crippen molar-refractivity contribution in [2.45, 2.75) is 32.5 Å². The molecule has 5 nitrogen and oxygen atoms in total. The molecule has 3 aromatic rings. The van der Waals surface area contributed by atoms with E-state index in [1.807, 2.05) is 42.7 Å². The van der Waals surface area contributed by atoms with Crippen molar-refractivity contribution in [3.05, 3.63) is 83.2 Å². The Kier molecular flexibility index (Phi) is 4.66. The zero-order valence-corrected chi connectivity index (χ0v) is 16.6. The Hall–Kier alpha value is -2.73. The highest BCUT2D eigenvalue weighted by molar-refractivity contribution is 7.80. The fraction of sp³-hybridized carbons (Fsp3) is 0.286. The first kappa shape index (κ1) is 17.7. The predicted molar refractivity (Wildman–Crippen MR) is 110 cm³/mol. The van der Waals surface area contributed by atoms with Gasteiger partial charge in [-0.15, -0.1) is 0 Å². The summed E-state index contributed by atoms with van der Waals surface area (Å²) in [6, 6.07) is 14.3. The average molecular weight is 378 g/mol. The lowest BCUT2D eigenvalue weighted by atomic mass is 9.96. The molecule has 1 fully saturated rings. The maximum Gasteiger partial charge on any atom is 0.170 e. The van der Waals surface area contributed by atoms with Crippen LogP contribution in [0.3, 0.4) is 0 Å². The number of nitrogens with zero attached hydrogens (tertiary/aromatic N) is 4. The van der Waals surface area contributed by atoms with Crippen molar-refractivity contribution < 1.29 is 0 Å². The number of hydrogen-bond donors (Lipinski definition) is 1. The molecule has 1 N–H and O–H groups in total. The molecule has 4 heterocycles. The van der Waals surface area contributed by atoms with Gasteiger partial charge in [-0.2, -0.15) is 0 Å². The van der Waals surface area contributed by atoms with Gasteiger partial charge in [0, 0.05) is 30.8 Å². The minimum Gasteiger partial charge on any atom is -0.352 e. The van der Waals surface area contributed by atoms with E-state index in [1.165, 1.54) is 17.0 Å². The Morgan fingerprint density at radius 2 is 1.81 bits per heavy atom. The van der Waals surface area contributed by atoms with E-state index in [-0.39, 0.29) is 12.1 Å². The third-order valence-electron chi connectivity index (χ3n) is 5.39. The second-order valence-electron chi connectivity index (χ2n) is 6.96. The molecule has 0 radical (unpaired) electrons. The van der Waals surface area contributed by atoms with Gasteiger partial charge in [0.15, 0.2) is 5.11 Å². The third-order valence-corrected chi connectivity index (χ3v) is 5.74. The molecule has 6 heteroatoms. The van der Waals surface area contributed by atoms with Crippen molar-refractivity contribution >= 4 is 17.3 Å². The Labute approximate surface area is 165 Å². The van der Waals surface area contributed by atoms with Gasteiger partial charge in [-0.3, -0.25) is 9.97 Å². The molecule has 0 bridgehead atoms. The molecule has 1 aliphatic heterocycles. The Bertz CT molecular complexity index is 951. The van der Waals surface area contributed by atoms with E-state index < -0.39 is 0 Å². The van der Waals surface area contributed by atoms with Crippen molar-refractivity contribution in [3.8, 4) is 0 Å². The van der Waals surface area contributed by atoms with Gasteiger partial charge in [-0.1, -0.05) is 12.1 Å². The number of hydrogen-bond acceptors (Lipinski definition) is 3. The van der Waals surface area contributed by atoms with E-state index in [1.54, 1.807) is 0 Å². The van der Waals surface area contributed by atoms with Crippen molar-refractivity contribution in [2.24, 2.45) is 7.05 Å². The van der Waals surface area contributed by atoms with Crippen LogP contribution in [-0.2, 0) is 13.6 Å². The Balaban J connectivity index is 1.79. The van der Waals surface area contributed by atoms with Gasteiger partial charge in [0.1, 0.15) is 0 Å². The molecule has 0 aromatic carbocycles. The summed E-state index contributed by atoms with van der Waals surface area (Å²) in [5.41, 5.74) is 5.75. The summed E-state index contributed by atoms with van der Waals surface area (Å²) in [4.78, 5) is 11.3. The van der Waals surface area contributed by atoms with E-state index in [9.17, 15) is 0 Å². The van der Waals surface area contributed by atoms with Crippen molar-refractivity contribution in [2.75, 3.05) is 0 Å². The van der Waals surface area contributed by atoms with E-state index in [0.29, 0.717) is 6.54 Å². The van der Waals surface area contributed by atoms with E-state index >= 15 is 0 Å². The van der Waals surface area contributed by atoms with Crippen LogP contribution in [0.4, 0.5) is 0 Å². The highest BCUT2D eigenvalue weighted by atomic mass is 32.1. The van der Waals surface area contributed by atoms with Gasteiger partial charge in [-0.25, -0.2) is 0 Å². The summed E-state index contributed by atoms with van der Waals surface area (Å²) in [6.07, 6.45) is 3.66. The molecule has 2 unspecified atom stereocenters. The van der Waals surface area contributed by atoms with Gasteiger partial charge in [0.2, 0.25) is 0 Å². The van der Waals surface area contributed by atoms with Crippen LogP contribution in [0.1, 0.15) is 40.4 Å². The van der Waals surface area contributed by atoms with Crippen molar-refractivity contribution in [1.29, 1.82) is 0 Å². The predicted octanol–water partition coefficient (Wildman–Crippen LogP) is 3.60. The molecular weight excluding hydrogens is 354 g/mol. The normalized spacial score (nSPS) is 19.4. The fourth-order valence-corrected chi connectivity index (χ4v) is 4.07. The molecule has 27 heavy (non-hydrogen) atoms. The van der Waals surface area contributed by atoms with Crippen LogP contribution in [0, 0.1) is 13.8 Å². The molecule has 0 saturated carbocycles. The SMILES string of the molecule is Cc1cc(C2C(c3ccccn3)NC(=S)N2Cc2ccccn2)c(C)n1C. The summed E-state index contributed by atoms with van der Waals surface area (Å²) < 4.78 is 2.23. The first-order valence-corrected chi connectivity index (χ1v) is 9.48. The largest absolute Gasteiger partial charge is 0.352 e. The topological polar surface area (TPSA) is 46.0 Å². The first-order chi connectivity index (χ1) is 13.1. The second-order valence-corrected chi connectivity index (χ2v) is 7.35. The van der Waals surface area contributed by atoms with E-state index in [4.69, 9.17) is 12.2 Å². The molecule has 1 aliphatic rings. The number of thiocarbonyl (C=S) groups is 1. The summed E-state index contributed by atoms with van der Waals surface area (Å²) >= 11 is 5.73. The molecule has 138 valence electrons. The van der Waals surface area contributed by atoms with Gasteiger partial charge in [0.25, 0.3) is 0 Å². The lowest BCUT2D eigenvalue weighted by molar-refractivity contribution is 0.307. The molecule has 1 saturated heterocycles. The monoisotopic (exact) mass is 377 g/mol. The fourth-order valence-electron chi connectivity index (χ4n) is 3.76. The molecule has 4 rings (SSSR count). The Morgan fingerprint density at radius 1 is 1.07 bits per heavy atom. The van der Waals surface area contributed by atoms with Crippen LogP contribution in [0.2, 0.25) is 0 Å². The number of aryl methyl sites for hydroxylation is 1. The van der Waals surface area contributed by atoms with Crippen LogP contribution < -0.4 is 5.32 Å². The number of aromatic nitrogens is 3. The van der Waals surface area contributed by atoms with Crippen LogP contribution in [0.15, 0.2) is 54.9 Å². The Morgan fingerprint density at radius 3 is 2.41 bits per heavy atom. The minimum absolute atomic E-state index is 0.00270. The molecule has 0 aliphatic carbocycles. The molecule has 0 amide bonds. The number of nitrogens with one attached hydrogen (secondary N) is 1. The average Bonchev–Trinajstić information content (AvgIpc) is 3.14. The van der Waals surface area contributed by atoms with Crippen LogP contribution in [-0.4, -0.2) is 24.5 Å². The minimum atomic E-state index is 0.00270. The zero-order valence-electron chi connectivity index (χ0n) is 15.8. The van der Waals surface area contributed by atoms with Crippen LogP contribution in [0.5, 0.6) is 0 Å². The van der Waals surface area contributed by atoms with E-state index in [2.05, 4.69) is 57.8 Å². The first-order valence-electron chi connectivity index (χ1n) is 9.07. The number of pyridine rings is 2. The maximum absolute atomic E-state index is 5.73. The van der Waals surface area contributed by atoms with Crippen LogP contribution >= 0.6 is 12.2 Å². The molecule has 2 atom stereocenters. The third kappa shape index (κ3) is 3.21. The molecular formula is C21H23N5S. The summed E-state index contributed by atoms with van der Waals surface area (Å²) in [5, 5.41) is 4.24. The summed E-state index contributed by atoms with van der Waals surface area (Å²) in [6.45, 7) is 4.96. The summed E-state index contributed by atoms with van der Waals surface area (Å²) in [7, 11) is 2.10. The van der Waals surface area contributed by atoms with E-state index in [0.717, 1.165) is 16.5 Å². The lowest BCUT2D eigenvalue weighted by Gasteiger charge is -2.27. The quantitative estimate of drug-likeness (QED) is 0.704. The lowest BCUT2D eigenvalue weighted by Crippen LogP contribution is -2.29. The van der Waals surface area contributed by atoms with Crippen LogP contribution in [0.25, 0.3) is 0 Å².